The second-order valence-corrected chi connectivity index (χ2v) is 4.58. The molecule has 1 aromatic heterocycles. The van der Waals surface area contributed by atoms with E-state index in [0.29, 0.717) is 0 Å². The standard InChI is InChI=1S/C12H12N2S/c1-2-7-13-10(5-1)9-4-3-6-11-12(9)14-8-15-11/h3-6,8,13H,1-2,7H2. The predicted molar refractivity (Wildman–Crippen MR) is 64.8 cm³/mol. The Balaban J connectivity index is 2.17. The Labute approximate surface area is 92.7 Å². The van der Waals surface area contributed by atoms with Crippen molar-refractivity contribution in [3.63, 3.8) is 0 Å². The number of nitrogens with zero attached hydrogens (tertiary/aromatic N) is 1. The Morgan fingerprint density at radius 1 is 1.33 bits per heavy atom. The molecule has 76 valence electrons. The van der Waals surface area contributed by atoms with E-state index >= 15 is 0 Å². The van der Waals surface area contributed by atoms with Gasteiger partial charge in [-0.15, -0.1) is 11.3 Å². The molecule has 0 aliphatic carbocycles. The fourth-order valence-electron chi connectivity index (χ4n) is 1.95. The molecule has 2 nitrogen and oxygen atoms in total. The van der Waals surface area contributed by atoms with E-state index in [9.17, 15) is 0 Å². The van der Waals surface area contributed by atoms with Crippen molar-refractivity contribution >= 4 is 27.3 Å². The van der Waals surface area contributed by atoms with Crippen molar-refractivity contribution in [2.75, 3.05) is 6.54 Å². The molecule has 0 saturated heterocycles. The third kappa shape index (κ3) is 1.53. The normalized spacial score (nSPS) is 16.1. The van der Waals surface area contributed by atoms with E-state index in [4.69, 9.17) is 0 Å². The Morgan fingerprint density at radius 2 is 2.33 bits per heavy atom. The molecule has 3 heteroatoms. The SMILES string of the molecule is C1=C(c2cccc3scnc23)NCCC1. The van der Waals surface area contributed by atoms with Gasteiger partial charge in [-0.25, -0.2) is 4.98 Å². The topological polar surface area (TPSA) is 24.9 Å². The maximum absolute atomic E-state index is 4.43. The summed E-state index contributed by atoms with van der Waals surface area (Å²) < 4.78 is 1.26. The van der Waals surface area contributed by atoms with Crippen molar-refractivity contribution in [2.24, 2.45) is 0 Å². The second-order valence-electron chi connectivity index (χ2n) is 3.69. The van der Waals surface area contributed by atoms with E-state index in [1.54, 1.807) is 11.3 Å². The average molecular weight is 216 g/mol. The first-order valence-electron chi connectivity index (χ1n) is 5.22. The zero-order valence-electron chi connectivity index (χ0n) is 8.36. The zero-order chi connectivity index (χ0) is 10.1. The van der Waals surface area contributed by atoms with Gasteiger partial charge in [0.15, 0.2) is 0 Å². The fraction of sp³-hybridized carbons (Fsp3) is 0.250. The molecule has 2 heterocycles. The fourth-order valence-corrected chi connectivity index (χ4v) is 2.66. The smallest absolute Gasteiger partial charge is 0.0904 e. The number of rotatable bonds is 1. The molecule has 0 unspecified atom stereocenters. The molecule has 0 saturated carbocycles. The Bertz CT molecular complexity index is 513. The number of benzene rings is 1. The van der Waals surface area contributed by atoms with Gasteiger partial charge in [-0.2, -0.15) is 0 Å². The zero-order valence-corrected chi connectivity index (χ0v) is 9.18. The molecular formula is C12H12N2S. The number of thiazole rings is 1. The van der Waals surface area contributed by atoms with Gasteiger partial charge in [0.2, 0.25) is 0 Å². The molecule has 0 atom stereocenters. The van der Waals surface area contributed by atoms with Crippen LogP contribution in [0, 0.1) is 0 Å². The number of fused-ring (bicyclic) bond motifs is 1. The van der Waals surface area contributed by atoms with Crippen molar-refractivity contribution in [2.45, 2.75) is 12.8 Å². The van der Waals surface area contributed by atoms with Crippen LogP contribution < -0.4 is 5.32 Å². The van der Waals surface area contributed by atoms with Gasteiger partial charge in [0.05, 0.1) is 15.7 Å². The Kier molecular flexibility index (Phi) is 2.18. The summed E-state index contributed by atoms with van der Waals surface area (Å²) in [5, 5.41) is 3.44. The highest BCUT2D eigenvalue weighted by atomic mass is 32.1. The molecular weight excluding hydrogens is 204 g/mol. The summed E-state index contributed by atoms with van der Waals surface area (Å²) >= 11 is 1.70. The minimum atomic E-state index is 1.08. The van der Waals surface area contributed by atoms with Crippen molar-refractivity contribution < 1.29 is 0 Å². The molecule has 3 rings (SSSR count). The first-order chi connectivity index (χ1) is 7.45. The van der Waals surface area contributed by atoms with Crippen LogP contribution in [0.25, 0.3) is 15.9 Å². The third-order valence-corrected chi connectivity index (χ3v) is 3.49. The van der Waals surface area contributed by atoms with Crippen molar-refractivity contribution in [3.05, 3.63) is 35.3 Å². The van der Waals surface area contributed by atoms with Crippen LogP contribution in [0.2, 0.25) is 0 Å². The second kappa shape index (κ2) is 3.66. The van der Waals surface area contributed by atoms with Gasteiger partial charge in [0.1, 0.15) is 0 Å². The van der Waals surface area contributed by atoms with Crippen molar-refractivity contribution in [3.8, 4) is 0 Å². The van der Waals surface area contributed by atoms with Crippen LogP contribution in [-0.2, 0) is 0 Å². The summed E-state index contributed by atoms with van der Waals surface area (Å²) in [5.74, 6) is 0. The minimum Gasteiger partial charge on any atom is -0.385 e. The summed E-state index contributed by atoms with van der Waals surface area (Å²) in [7, 11) is 0. The van der Waals surface area contributed by atoms with Gasteiger partial charge < -0.3 is 5.32 Å². The monoisotopic (exact) mass is 216 g/mol. The van der Waals surface area contributed by atoms with Crippen LogP contribution in [0.15, 0.2) is 29.8 Å². The van der Waals surface area contributed by atoms with Gasteiger partial charge >= 0.3 is 0 Å². The predicted octanol–water partition coefficient (Wildman–Crippen LogP) is 3.02. The van der Waals surface area contributed by atoms with Gasteiger partial charge in [0, 0.05) is 17.8 Å². The van der Waals surface area contributed by atoms with Crippen LogP contribution in [0.4, 0.5) is 0 Å². The number of para-hydroxylation sites is 1. The summed E-state index contributed by atoms with van der Waals surface area (Å²) in [6, 6.07) is 6.37. The molecule has 2 aromatic rings. The molecule has 1 aliphatic heterocycles. The molecule has 0 radical (unpaired) electrons. The molecule has 1 aromatic carbocycles. The molecule has 0 spiro atoms. The van der Waals surface area contributed by atoms with E-state index in [0.717, 1.165) is 12.1 Å². The first kappa shape index (κ1) is 8.92. The van der Waals surface area contributed by atoms with Crippen LogP contribution in [0.5, 0.6) is 0 Å². The lowest BCUT2D eigenvalue weighted by molar-refractivity contribution is 0.744. The first-order valence-corrected chi connectivity index (χ1v) is 6.10. The molecule has 1 N–H and O–H groups in total. The largest absolute Gasteiger partial charge is 0.385 e. The molecule has 0 amide bonds. The molecule has 15 heavy (non-hydrogen) atoms. The van der Waals surface area contributed by atoms with E-state index in [2.05, 4.69) is 34.6 Å². The summed E-state index contributed by atoms with van der Waals surface area (Å²) in [6.45, 7) is 1.08. The lowest BCUT2D eigenvalue weighted by Gasteiger charge is -2.15. The van der Waals surface area contributed by atoms with Gasteiger partial charge in [-0.1, -0.05) is 18.2 Å². The number of hydrogen-bond acceptors (Lipinski definition) is 3. The van der Waals surface area contributed by atoms with Crippen LogP contribution >= 0.6 is 11.3 Å². The molecule has 1 aliphatic rings. The molecule has 0 fully saturated rings. The van der Waals surface area contributed by atoms with Crippen LogP contribution in [0.3, 0.4) is 0 Å². The quantitative estimate of drug-likeness (QED) is 0.792. The van der Waals surface area contributed by atoms with Crippen molar-refractivity contribution in [1.29, 1.82) is 0 Å². The maximum Gasteiger partial charge on any atom is 0.0904 e. The van der Waals surface area contributed by atoms with E-state index in [-0.39, 0.29) is 0 Å². The highest BCUT2D eigenvalue weighted by molar-refractivity contribution is 7.16. The highest BCUT2D eigenvalue weighted by Gasteiger charge is 2.09. The van der Waals surface area contributed by atoms with Crippen molar-refractivity contribution in [1.82, 2.24) is 10.3 Å². The molecule has 0 bridgehead atoms. The van der Waals surface area contributed by atoms with E-state index in [1.165, 1.54) is 28.8 Å². The summed E-state index contributed by atoms with van der Waals surface area (Å²) in [4.78, 5) is 4.43. The van der Waals surface area contributed by atoms with E-state index < -0.39 is 0 Å². The Hall–Kier alpha value is -1.35. The summed E-state index contributed by atoms with van der Waals surface area (Å²) in [5.41, 5.74) is 5.53. The Morgan fingerprint density at radius 3 is 3.20 bits per heavy atom. The number of allylic oxidation sites excluding steroid dienone is 1. The summed E-state index contributed by atoms with van der Waals surface area (Å²) in [6.07, 6.45) is 4.68. The van der Waals surface area contributed by atoms with Crippen LogP contribution in [0.1, 0.15) is 18.4 Å². The van der Waals surface area contributed by atoms with Gasteiger partial charge in [-0.3, -0.25) is 0 Å². The van der Waals surface area contributed by atoms with E-state index in [1.807, 2.05) is 5.51 Å². The van der Waals surface area contributed by atoms with Crippen LogP contribution in [-0.4, -0.2) is 11.5 Å². The lowest BCUT2D eigenvalue weighted by atomic mass is 10.1. The lowest BCUT2D eigenvalue weighted by Crippen LogP contribution is -2.17. The average Bonchev–Trinajstić information content (AvgIpc) is 2.78. The van der Waals surface area contributed by atoms with Gasteiger partial charge in [0.25, 0.3) is 0 Å². The maximum atomic E-state index is 4.43. The minimum absolute atomic E-state index is 1.08. The number of aromatic nitrogens is 1. The highest BCUT2D eigenvalue weighted by Crippen LogP contribution is 2.26. The third-order valence-electron chi connectivity index (χ3n) is 2.70. The van der Waals surface area contributed by atoms with Gasteiger partial charge in [-0.05, 0) is 18.9 Å². The number of hydrogen-bond donors (Lipinski definition) is 1. The number of nitrogens with one attached hydrogen (secondary N) is 1.